The van der Waals surface area contributed by atoms with Crippen molar-refractivity contribution in [3.8, 4) is 0 Å². The van der Waals surface area contributed by atoms with Gasteiger partial charge < -0.3 is 5.32 Å². The summed E-state index contributed by atoms with van der Waals surface area (Å²) in [4.78, 5) is 5.10. The van der Waals surface area contributed by atoms with Crippen molar-refractivity contribution in [2.45, 2.75) is 58.8 Å². The van der Waals surface area contributed by atoms with Crippen LogP contribution in [0.5, 0.6) is 0 Å². The van der Waals surface area contributed by atoms with E-state index in [2.05, 4.69) is 56.8 Å². The van der Waals surface area contributed by atoms with Gasteiger partial charge in [-0.3, -0.25) is 9.80 Å². The van der Waals surface area contributed by atoms with Crippen molar-refractivity contribution in [3.05, 3.63) is 0 Å². The maximum atomic E-state index is 3.53. The van der Waals surface area contributed by atoms with Crippen molar-refractivity contribution in [1.82, 2.24) is 15.1 Å². The average molecular weight is 227 g/mol. The summed E-state index contributed by atoms with van der Waals surface area (Å²) in [5.74, 6) is 0. The van der Waals surface area contributed by atoms with Crippen LogP contribution >= 0.6 is 0 Å². The van der Waals surface area contributed by atoms with Gasteiger partial charge in [-0.1, -0.05) is 13.8 Å². The highest BCUT2D eigenvalue weighted by Gasteiger charge is 2.28. The third kappa shape index (κ3) is 3.72. The number of hydrogen-bond donors (Lipinski definition) is 1. The van der Waals surface area contributed by atoms with Gasteiger partial charge >= 0.3 is 0 Å². The molecule has 3 heteroatoms. The number of piperazine rings is 1. The number of hydrogen-bond acceptors (Lipinski definition) is 3. The first-order valence-corrected chi connectivity index (χ1v) is 6.61. The van der Waals surface area contributed by atoms with Crippen LogP contribution in [0.3, 0.4) is 0 Å². The van der Waals surface area contributed by atoms with Gasteiger partial charge in [-0.25, -0.2) is 0 Å². The largest absolute Gasteiger partial charge is 0.313 e. The van der Waals surface area contributed by atoms with Crippen LogP contribution in [0.4, 0.5) is 0 Å². The molecule has 0 amide bonds. The molecule has 1 heterocycles. The van der Waals surface area contributed by atoms with Crippen molar-refractivity contribution in [3.63, 3.8) is 0 Å². The summed E-state index contributed by atoms with van der Waals surface area (Å²) in [7, 11) is 2.24. The predicted octanol–water partition coefficient (Wildman–Crippen LogP) is 1.40. The Balaban J connectivity index is 2.42. The van der Waals surface area contributed by atoms with Crippen LogP contribution in [0, 0.1) is 0 Å². The van der Waals surface area contributed by atoms with Crippen LogP contribution in [0.25, 0.3) is 0 Å². The summed E-state index contributed by atoms with van der Waals surface area (Å²) in [6.07, 6.45) is 0. The number of nitrogens with zero attached hydrogens (tertiary/aromatic N) is 2. The summed E-state index contributed by atoms with van der Waals surface area (Å²) in [5, 5.41) is 3.53. The Bertz CT molecular complexity index is 193. The minimum atomic E-state index is 0.588. The van der Waals surface area contributed by atoms with Gasteiger partial charge in [0, 0.05) is 43.8 Å². The molecular weight excluding hydrogens is 198 g/mol. The quantitative estimate of drug-likeness (QED) is 0.783. The highest BCUT2D eigenvalue weighted by atomic mass is 15.3. The summed E-state index contributed by atoms with van der Waals surface area (Å²) in [5.41, 5.74) is 0. The first-order valence-electron chi connectivity index (χ1n) is 6.61. The Morgan fingerprint density at radius 1 is 1.12 bits per heavy atom. The van der Waals surface area contributed by atoms with E-state index >= 15 is 0 Å². The van der Waals surface area contributed by atoms with Crippen molar-refractivity contribution < 1.29 is 0 Å². The van der Waals surface area contributed by atoms with E-state index < -0.39 is 0 Å². The molecule has 1 fully saturated rings. The molecule has 16 heavy (non-hydrogen) atoms. The molecule has 0 aliphatic carbocycles. The first kappa shape index (κ1) is 13.9. The standard InChI is InChI=1S/C13H29N3/c1-10(2)14-7-11(3)16-8-12(4)15(6)13(5)9-16/h10-14H,7-9H2,1-6H3. The molecule has 0 radical (unpaired) electrons. The molecule has 1 aliphatic rings. The van der Waals surface area contributed by atoms with E-state index in [1.807, 2.05) is 0 Å². The van der Waals surface area contributed by atoms with E-state index in [9.17, 15) is 0 Å². The molecule has 0 spiro atoms. The smallest absolute Gasteiger partial charge is 0.0195 e. The molecule has 3 atom stereocenters. The van der Waals surface area contributed by atoms with E-state index in [4.69, 9.17) is 0 Å². The summed E-state index contributed by atoms with van der Waals surface area (Å²) >= 11 is 0. The molecule has 1 saturated heterocycles. The highest BCUT2D eigenvalue weighted by Crippen LogP contribution is 2.15. The fourth-order valence-electron chi connectivity index (χ4n) is 2.34. The molecular formula is C13H29N3. The normalized spacial score (nSPS) is 30.9. The van der Waals surface area contributed by atoms with Gasteiger partial charge in [0.25, 0.3) is 0 Å². The molecule has 0 saturated carbocycles. The summed E-state index contributed by atoms with van der Waals surface area (Å²) < 4.78 is 0. The molecule has 3 unspecified atom stereocenters. The van der Waals surface area contributed by atoms with Crippen LogP contribution in [-0.2, 0) is 0 Å². The Kier molecular flexibility index (Phi) is 5.22. The van der Waals surface area contributed by atoms with E-state index in [0.29, 0.717) is 24.2 Å². The zero-order chi connectivity index (χ0) is 12.3. The van der Waals surface area contributed by atoms with E-state index in [-0.39, 0.29) is 0 Å². The highest BCUT2D eigenvalue weighted by molar-refractivity contribution is 4.85. The van der Waals surface area contributed by atoms with Crippen LogP contribution in [0.2, 0.25) is 0 Å². The third-order valence-electron chi connectivity index (χ3n) is 3.83. The van der Waals surface area contributed by atoms with Gasteiger partial charge in [-0.2, -0.15) is 0 Å². The second-order valence-electron chi connectivity index (χ2n) is 5.73. The average Bonchev–Trinajstić information content (AvgIpc) is 2.21. The first-order chi connectivity index (χ1) is 7.41. The second-order valence-corrected chi connectivity index (χ2v) is 5.73. The van der Waals surface area contributed by atoms with Crippen LogP contribution in [0.15, 0.2) is 0 Å². The van der Waals surface area contributed by atoms with Gasteiger partial charge in [0.1, 0.15) is 0 Å². The topological polar surface area (TPSA) is 18.5 Å². The monoisotopic (exact) mass is 227 g/mol. The Morgan fingerprint density at radius 3 is 2.06 bits per heavy atom. The maximum absolute atomic E-state index is 3.53. The Morgan fingerprint density at radius 2 is 1.62 bits per heavy atom. The molecule has 3 nitrogen and oxygen atoms in total. The second kappa shape index (κ2) is 5.99. The van der Waals surface area contributed by atoms with Gasteiger partial charge in [0.2, 0.25) is 0 Å². The van der Waals surface area contributed by atoms with Crippen molar-refractivity contribution in [1.29, 1.82) is 0 Å². The minimum absolute atomic E-state index is 0.588. The Hall–Kier alpha value is -0.120. The zero-order valence-corrected chi connectivity index (χ0v) is 11.8. The molecule has 96 valence electrons. The van der Waals surface area contributed by atoms with Gasteiger partial charge in [0.15, 0.2) is 0 Å². The lowest BCUT2D eigenvalue weighted by Gasteiger charge is -2.45. The van der Waals surface area contributed by atoms with Gasteiger partial charge in [-0.05, 0) is 27.8 Å². The molecule has 0 aromatic carbocycles. The van der Waals surface area contributed by atoms with E-state index in [0.717, 1.165) is 6.54 Å². The van der Waals surface area contributed by atoms with Gasteiger partial charge in [0.05, 0.1) is 0 Å². The molecule has 0 bridgehead atoms. The lowest BCUT2D eigenvalue weighted by atomic mass is 10.1. The zero-order valence-electron chi connectivity index (χ0n) is 11.8. The molecule has 0 aromatic heterocycles. The molecule has 1 rings (SSSR count). The van der Waals surface area contributed by atoms with E-state index in [1.165, 1.54) is 13.1 Å². The van der Waals surface area contributed by atoms with Gasteiger partial charge in [-0.15, -0.1) is 0 Å². The maximum Gasteiger partial charge on any atom is 0.0195 e. The number of nitrogens with one attached hydrogen (secondary N) is 1. The van der Waals surface area contributed by atoms with Crippen LogP contribution < -0.4 is 5.32 Å². The minimum Gasteiger partial charge on any atom is -0.313 e. The SMILES string of the molecule is CC(C)NCC(C)N1CC(C)N(C)C(C)C1. The summed E-state index contributed by atoms with van der Waals surface area (Å²) in [6, 6.07) is 2.57. The molecule has 0 aromatic rings. The lowest BCUT2D eigenvalue weighted by molar-refractivity contribution is 0.0377. The molecule has 1 N–H and O–H groups in total. The molecule has 1 aliphatic heterocycles. The van der Waals surface area contributed by atoms with Crippen molar-refractivity contribution in [2.24, 2.45) is 0 Å². The number of likely N-dealkylation sites (N-methyl/N-ethyl adjacent to an activating group) is 1. The van der Waals surface area contributed by atoms with Crippen LogP contribution in [0.1, 0.15) is 34.6 Å². The Labute approximate surface area is 101 Å². The van der Waals surface area contributed by atoms with E-state index in [1.54, 1.807) is 0 Å². The van der Waals surface area contributed by atoms with Crippen LogP contribution in [-0.4, -0.2) is 60.6 Å². The fourth-order valence-corrected chi connectivity index (χ4v) is 2.34. The van der Waals surface area contributed by atoms with Crippen molar-refractivity contribution >= 4 is 0 Å². The predicted molar refractivity (Wildman–Crippen MR) is 70.9 cm³/mol. The van der Waals surface area contributed by atoms with Crippen molar-refractivity contribution in [2.75, 3.05) is 26.7 Å². The fraction of sp³-hybridized carbons (Fsp3) is 1.00. The third-order valence-corrected chi connectivity index (χ3v) is 3.83. The summed E-state index contributed by atoms with van der Waals surface area (Å²) in [6.45, 7) is 14.9. The number of rotatable bonds is 4. The lowest BCUT2D eigenvalue weighted by Crippen LogP contribution is -2.58.